The van der Waals surface area contributed by atoms with E-state index in [-0.39, 0.29) is 0 Å². The van der Waals surface area contributed by atoms with Crippen molar-refractivity contribution in [1.29, 1.82) is 0 Å². The zero-order valence-corrected chi connectivity index (χ0v) is 11.0. The number of rotatable bonds is 2. The number of hydrogen-bond acceptors (Lipinski definition) is 5. The summed E-state index contributed by atoms with van der Waals surface area (Å²) in [6.45, 7) is 0. The fraction of sp³-hybridized carbons (Fsp3) is 0. The molecule has 0 radical (unpaired) electrons. The van der Waals surface area contributed by atoms with Crippen molar-refractivity contribution < 1.29 is 0 Å². The van der Waals surface area contributed by atoms with Crippen LogP contribution in [-0.2, 0) is 0 Å². The van der Waals surface area contributed by atoms with E-state index in [9.17, 15) is 0 Å². The molecule has 2 heterocycles. The molecule has 2 aromatic heterocycles. The maximum atomic E-state index is 5.85. The van der Waals surface area contributed by atoms with Crippen LogP contribution in [0.5, 0.6) is 0 Å². The fourth-order valence-electron chi connectivity index (χ4n) is 2.33. The number of nitrogens with two attached hydrogens (primary N) is 1. The van der Waals surface area contributed by atoms with Gasteiger partial charge in [-0.05, 0) is 36.4 Å². The molecule has 0 aliphatic carbocycles. The molecule has 6 heteroatoms. The minimum Gasteiger partial charge on any atom is -0.399 e. The highest BCUT2D eigenvalue weighted by molar-refractivity contribution is 5.93. The number of aromatic nitrogens is 4. The lowest BCUT2D eigenvalue weighted by Crippen LogP contribution is -1.96. The van der Waals surface area contributed by atoms with E-state index in [1.807, 2.05) is 36.4 Å². The van der Waals surface area contributed by atoms with E-state index in [0.717, 1.165) is 33.3 Å². The second kappa shape index (κ2) is 4.45. The molecule has 0 saturated heterocycles. The van der Waals surface area contributed by atoms with Crippen LogP contribution in [0.25, 0.3) is 21.8 Å². The monoisotopic (exact) mass is 276 g/mol. The van der Waals surface area contributed by atoms with Crippen LogP contribution in [0.1, 0.15) is 0 Å². The first-order valence-electron chi connectivity index (χ1n) is 6.50. The molecule has 4 rings (SSSR count). The van der Waals surface area contributed by atoms with Gasteiger partial charge in [0.2, 0.25) is 0 Å². The third-order valence-electron chi connectivity index (χ3n) is 3.36. The second-order valence-electron chi connectivity index (χ2n) is 4.80. The number of hydrogen-bond donors (Lipinski definition) is 3. The maximum absolute atomic E-state index is 5.85. The predicted octanol–water partition coefficient (Wildman–Crippen LogP) is 2.83. The first kappa shape index (κ1) is 11.7. The van der Waals surface area contributed by atoms with Crippen LogP contribution in [0.15, 0.2) is 48.9 Å². The molecule has 21 heavy (non-hydrogen) atoms. The Balaban J connectivity index is 1.81. The normalized spacial score (nSPS) is 11.0. The molecule has 102 valence electrons. The number of nitrogens with one attached hydrogen (secondary N) is 2. The zero-order valence-electron chi connectivity index (χ0n) is 11.0. The summed E-state index contributed by atoms with van der Waals surface area (Å²) < 4.78 is 0. The highest BCUT2D eigenvalue weighted by Crippen LogP contribution is 2.26. The first-order chi connectivity index (χ1) is 10.3. The van der Waals surface area contributed by atoms with Crippen LogP contribution in [0.3, 0.4) is 0 Å². The van der Waals surface area contributed by atoms with Gasteiger partial charge in [-0.25, -0.2) is 9.97 Å². The lowest BCUT2D eigenvalue weighted by molar-refractivity contribution is 1.12. The second-order valence-corrected chi connectivity index (χ2v) is 4.80. The third kappa shape index (κ3) is 2.02. The molecule has 0 aliphatic rings. The quantitative estimate of drug-likeness (QED) is 0.489. The van der Waals surface area contributed by atoms with Crippen molar-refractivity contribution in [3.05, 3.63) is 48.9 Å². The number of benzene rings is 2. The summed E-state index contributed by atoms with van der Waals surface area (Å²) in [5.41, 5.74) is 9.32. The number of aromatic amines is 1. The molecule has 0 bridgehead atoms. The van der Waals surface area contributed by atoms with Gasteiger partial charge in [-0.2, -0.15) is 5.10 Å². The molecule has 0 unspecified atom stereocenters. The van der Waals surface area contributed by atoms with Crippen molar-refractivity contribution in [3.8, 4) is 0 Å². The molecular formula is C15H12N6. The standard InChI is InChI=1S/C15H12N6/c16-10-1-3-14-12(6-10)15(18-8-17-14)20-11-2-4-13-9(5-11)7-19-21-13/h1-8H,16H2,(H,19,21)(H,17,18,20). The summed E-state index contributed by atoms with van der Waals surface area (Å²) in [5, 5.41) is 12.2. The van der Waals surface area contributed by atoms with Crippen molar-refractivity contribution in [1.82, 2.24) is 20.2 Å². The van der Waals surface area contributed by atoms with Crippen LogP contribution < -0.4 is 11.1 Å². The summed E-state index contributed by atoms with van der Waals surface area (Å²) in [6, 6.07) is 11.5. The van der Waals surface area contributed by atoms with Gasteiger partial charge < -0.3 is 11.1 Å². The largest absolute Gasteiger partial charge is 0.399 e. The number of H-pyrrole nitrogens is 1. The van der Waals surface area contributed by atoms with E-state index in [1.165, 1.54) is 6.33 Å². The summed E-state index contributed by atoms with van der Waals surface area (Å²) in [6.07, 6.45) is 3.33. The number of anilines is 3. The van der Waals surface area contributed by atoms with Crippen molar-refractivity contribution in [2.24, 2.45) is 0 Å². The lowest BCUT2D eigenvalue weighted by atomic mass is 10.2. The molecular weight excluding hydrogens is 264 g/mol. The van der Waals surface area contributed by atoms with Gasteiger partial charge >= 0.3 is 0 Å². The molecule has 4 N–H and O–H groups in total. The molecule has 6 nitrogen and oxygen atoms in total. The Morgan fingerprint density at radius 3 is 2.95 bits per heavy atom. The SMILES string of the molecule is Nc1ccc2ncnc(Nc3ccc4[nH]ncc4c3)c2c1. The van der Waals surface area contributed by atoms with Crippen LogP contribution >= 0.6 is 0 Å². The van der Waals surface area contributed by atoms with Crippen LogP contribution in [0, 0.1) is 0 Å². The predicted molar refractivity (Wildman–Crippen MR) is 83.3 cm³/mol. The van der Waals surface area contributed by atoms with Crippen molar-refractivity contribution in [2.45, 2.75) is 0 Å². The Kier molecular flexibility index (Phi) is 2.47. The van der Waals surface area contributed by atoms with E-state index in [0.29, 0.717) is 5.69 Å². The van der Waals surface area contributed by atoms with E-state index in [4.69, 9.17) is 5.73 Å². The van der Waals surface area contributed by atoms with Gasteiger partial charge in [0.1, 0.15) is 12.1 Å². The van der Waals surface area contributed by atoms with Gasteiger partial charge in [-0.1, -0.05) is 0 Å². The summed E-state index contributed by atoms with van der Waals surface area (Å²) in [4.78, 5) is 8.55. The average molecular weight is 276 g/mol. The number of nitrogen functional groups attached to an aromatic ring is 1. The zero-order chi connectivity index (χ0) is 14.2. The van der Waals surface area contributed by atoms with Crippen LogP contribution in [0.2, 0.25) is 0 Å². The van der Waals surface area contributed by atoms with Crippen molar-refractivity contribution in [2.75, 3.05) is 11.1 Å². The van der Waals surface area contributed by atoms with Gasteiger partial charge in [-0.3, -0.25) is 5.10 Å². The van der Waals surface area contributed by atoms with E-state index in [2.05, 4.69) is 25.5 Å². The van der Waals surface area contributed by atoms with Gasteiger partial charge in [0.05, 0.1) is 17.2 Å². The van der Waals surface area contributed by atoms with Gasteiger partial charge in [0.25, 0.3) is 0 Å². The van der Waals surface area contributed by atoms with E-state index in [1.54, 1.807) is 6.20 Å². The maximum Gasteiger partial charge on any atom is 0.141 e. The van der Waals surface area contributed by atoms with Crippen LogP contribution in [-0.4, -0.2) is 20.2 Å². The topological polar surface area (TPSA) is 92.5 Å². The van der Waals surface area contributed by atoms with Gasteiger partial charge in [0.15, 0.2) is 0 Å². The van der Waals surface area contributed by atoms with Crippen molar-refractivity contribution in [3.63, 3.8) is 0 Å². The molecule has 0 saturated carbocycles. The minimum absolute atomic E-state index is 0.686. The molecule has 2 aromatic carbocycles. The minimum atomic E-state index is 0.686. The van der Waals surface area contributed by atoms with E-state index < -0.39 is 0 Å². The Hall–Kier alpha value is -3.15. The summed E-state index contributed by atoms with van der Waals surface area (Å²) >= 11 is 0. The van der Waals surface area contributed by atoms with Crippen molar-refractivity contribution >= 4 is 39.0 Å². The summed E-state index contributed by atoms with van der Waals surface area (Å²) in [7, 11) is 0. The molecule has 4 aromatic rings. The Labute approximate surface area is 120 Å². The molecule has 0 aliphatic heterocycles. The molecule has 0 fully saturated rings. The highest BCUT2D eigenvalue weighted by atomic mass is 15.1. The lowest BCUT2D eigenvalue weighted by Gasteiger charge is -2.08. The average Bonchev–Trinajstić information content (AvgIpc) is 2.95. The highest BCUT2D eigenvalue weighted by Gasteiger charge is 2.05. The number of fused-ring (bicyclic) bond motifs is 2. The third-order valence-corrected chi connectivity index (χ3v) is 3.36. The molecule has 0 amide bonds. The smallest absolute Gasteiger partial charge is 0.141 e. The van der Waals surface area contributed by atoms with Crippen LogP contribution in [0.4, 0.5) is 17.2 Å². The molecule has 0 atom stereocenters. The summed E-state index contributed by atoms with van der Waals surface area (Å²) in [5.74, 6) is 0.732. The Morgan fingerprint density at radius 2 is 2.00 bits per heavy atom. The Morgan fingerprint density at radius 1 is 1.05 bits per heavy atom. The Bertz CT molecular complexity index is 943. The van der Waals surface area contributed by atoms with E-state index >= 15 is 0 Å². The number of nitrogens with zero attached hydrogens (tertiary/aromatic N) is 3. The molecule has 0 spiro atoms. The fourth-order valence-corrected chi connectivity index (χ4v) is 2.33. The van der Waals surface area contributed by atoms with Gasteiger partial charge in [-0.15, -0.1) is 0 Å². The van der Waals surface area contributed by atoms with Gasteiger partial charge in [0, 0.05) is 22.1 Å². The first-order valence-corrected chi connectivity index (χ1v) is 6.50.